The van der Waals surface area contributed by atoms with Crippen LogP contribution in [-0.4, -0.2) is 32.3 Å². The number of hydrogen-bond acceptors (Lipinski definition) is 2. The van der Waals surface area contributed by atoms with E-state index >= 15 is 0 Å². The molecule has 0 aromatic heterocycles. The first kappa shape index (κ1) is 16.4. The van der Waals surface area contributed by atoms with E-state index in [2.05, 4.69) is 15.6 Å². The van der Waals surface area contributed by atoms with E-state index in [4.69, 9.17) is 4.74 Å². The molecule has 0 radical (unpaired) electrons. The summed E-state index contributed by atoms with van der Waals surface area (Å²) in [6.07, 6.45) is 0. The highest BCUT2D eigenvalue weighted by Crippen LogP contribution is 2.09. The molecule has 0 fully saturated rings. The van der Waals surface area contributed by atoms with E-state index in [-0.39, 0.29) is 11.9 Å². The lowest BCUT2D eigenvalue weighted by Crippen LogP contribution is -2.43. The molecule has 1 atom stereocenters. The van der Waals surface area contributed by atoms with E-state index in [1.165, 1.54) is 6.07 Å². The van der Waals surface area contributed by atoms with Crippen LogP contribution in [-0.2, 0) is 11.3 Å². The number of halogens is 1. The molecule has 0 bridgehead atoms. The Hall–Kier alpha value is -1.62. The zero-order valence-electron chi connectivity index (χ0n) is 12.7. The van der Waals surface area contributed by atoms with Gasteiger partial charge >= 0.3 is 0 Å². The predicted molar refractivity (Wildman–Crippen MR) is 80.4 cm³/mol. The van der Waals surface area contributed by atoms with Gasteiger partial charge in [-0.15, -0.1) is 0 Å². The van der Waals surface area contributed by atoms with E-state index in [9.17, 15) is 4.39 Å². The fourth-order valence-electron chi connectivity index (χ4n) is 1.75. The highest BCUT2D eigenvalue weighted by atomic mass is 19.1. The zero-order valence-corrected chi connectivity index (χ0v) is 12.7. The molecular formula is C15H24FN3O. The van der Waals surface area contributed by atoms with Crippen molar-refractivity contribution in [3.63, 3.8) is 0 Å². The van der Waals surface area contributed by atoms with Crippen LogP contribution in [0.25, 0.3) is 0 Å². The second kappa shape index (κ2) is 8.53. The Morgan fingerprint density at radius 2 is 2.20 bits per heavy atom. The standard InChI is InChI=1S/C15H24FN3O/c1-5-17-15(19-12(3)10-20-4)18-9-13-7-6-11(2)14(16)8-13/h6-8,12H,5,9-10H2,1-4H3,(H2,17,18,19). The summed E-state index contributed by atoms with van der Waals surface area (Å²) in [5.74, 6) is 0.515. The summed E-state index contributed by atoms with van der Waals surface area (Å²) in [5.41, 5.74) is 1.50. The molecule has 5 heteroatoms. The van der Waals surface area contributed by atoms with Gasteiger partial charge in [0.15, 0.2) is 5.96 Å². The largest absolute Gasteiger partial charge is 0.383 e. The molecule has 0 aliphatic carbocycles. The Balaban J connectivity index is 2.68. The van der Waals surface area contributed by atoms with Crippen molar-refractivity contribution < 1.29 is 9.13 Å². The molecule has 0 amide bonds. The average Bonchev–Trinajstić information content (AvgIpc) is 2.40. The van der Waals surface area contributed by atoms with Crippen molar-refractivity contribution in [1.29, 1.82) is 0 Å². The summed E-state index contributed by atoms with van der Waals surface area (Å²) in [5, 5.41) is 6.39. The van der Waals surface area contributed by atoms with Gasteiger partial charge in [-0.05, 0) is 38.0 Å². The van der Waals surface area contributed by atoms with Gasteiger partial charge in [0.2, 0.25) is 0 Å². The second-order valence-electron chi connectivity index (χ2n) is 4.78. The fourth-order valence-corrected chi connectivity index (χ4v) is 1.75. The molecule has 0 aliphatic heterocycles. The molecule has 0 saturated heterocycles. The molecule has 20 heavy (non-hydrogen) atoms. The van der Waals surface area contributed by atoms with Crippen molar-refractivity contribution in [2.45, 2.75) is 33.4 Å². The van der Waals surface area contributed by atoms with Gasteiger partial charge in [0, 0.05) is 19.7 Å². The molecule has 0 aliphatic rings. The summed E-state index contributed by atoms with van der Waals surface area (Å²) in [7, 11) is 1.66. The summed E-state index contributed by atoms with van der Waals surface area (Å²) in [4.78, 5) is 4.45. The number of aryl methyl sites for hydroxylation is 1. The van der Waals surface area contributed by atoms with E-state index in [0.29, 0.717) is 24.7 Å². The zero-order chi connectivity index (χ0) is 15.0. The first-order valence-corrected chi connectivity index (χ1v) is 6.85. The third-order valence-corrected chi connectivity index (χ3v) is 2.80. The molecule has 1 unspecified atom stereocenters. The topological polar surface area (TPSA) is 45.7 Å². The van der Waals surface area contributed by atoms with Crippen molar-refractivity contribution >= 4 is 5.96 Å². The quantitative estimate of drug-likeness (QED) is 0.621. The molecular weight excluding hydrogens is 257 g/mol. The van der Waals surface area contributed by atoms with Crippen molar-refractivity contribution in [1.82, 2.24) is 10.6 Å². The van der Waals surface area contributed by atoms with Crippen LogP contribution >= 0.6 is 0 Å². The van der Waals surface area contributed by atoms with E-state index in [1.54, 1.807) is 20.1 Å². The van der Waals surface area contributed by atoms with Crippen molar-refractivity contribution in [2.75, 3.05) is 20.3 Å². The maximum atomic E-state index is 13.5. The number of rotatable bonds is 6. The molecule has 0 saturated carbocycles. The Morgan fingerprint density at radius 1 is 1.45 bits per heavy atom. The van der Waals surface area contributed by atoms with Crippen LogP contribution in [0.4, 0.5) is 4.39 Å². The van der Waals surface area contributed by atoms with Crippen LogP contribution in [0, 0.1) is 12.7 Å². The summed E-state index contributed by atoms with van der Waals surface area (Å²) in [6.45, 7) is 7.58. The number of ether oxygens (including phenoxy) is 1. The number of hydrogen-bond donors (Lipinski definition) is 2. The van der Waals surface area contributed by atoms with E-state index < -0.39 is 0 Å². The normalized spacial score (nSPS) is 13.2. The average molecular weight is 281 g/mol. The van der Waals surface area contributed by atoms with Crippen LogP contribution in [0.15, 0.2) is 23.2 Å². The van der Waals surface area contributed by atoms with Crippen molar-refractivity contribution in [3.8, 4) is 0 Å². The van der Waals surface area contributed by atoms with Crippen molar-refractivity contribution in [2.24, 2.45) is 4.99 Å². The maximum absolute atomic E-state index is 13.5. The van der Waals surface area contributed by atoms with Crippen molar-refractivity contribution in [3.05, 3.63) is 35.1 Å². The Bertz CT molecular complexity index is 449. The molecule has 4 nitrogen and oxygen atoms in total. The lowest BCUT2D eigenvalue weighted by atomic mass is 10.1. The summed E-state index contributed by atoms with van der Waals surface area (Å²) < 4.78 is 18.5. The Labute approximate surface area is 120 Å². The minimum atomic E-state index is -0.191. The lowest BCUT2D eigenvalue weighted by Gasteiger charge is -2.17. The van der Waals surface area contributed by atoms with Gasteiger partial charge in [0.25, 0.3) is 0 Å². The fraction of sp³-hybridized carbons (Fsp3) is 0.533. The molecule has 1 aromatic rings. The molecule has 0 heterocycles. The molecule has 0 spiro atoms. The number of aliphatic imine (C=N–C) groups is 1. The molecule has 112 valence electrons. The monoisotopic (exact) mass is 281 g/mol. The number of nitrogens with one attached hydrogen (secondary N) is 2. The molecule has 2 N–H and O–H groups in total. The first-order valence-electron chi connectivity index (χ1n) is 6.85. The third-order valence-electron chi connectivity index (χ3n) is 2.80. The van der Waals surface area contributed by atoms with E-state index in [0.717, 1.165) is 12.1 Å². The summed E-state index contributed by atoms with van der Waals surface area (Å²) >= 11 is 0. The van der Waals surface area contributed by atoms with Crippen LogP contribution in [0.5, 0.6) is 0 Å². The lowest BCUT2D eigenvalue weighted by molar-refractivity contribution is 0.179. The van der Waals surface area contributed by atoms with Gasteiger partial charge < -0.3 is 15.4 Å². The first-order chi connectivity index (χ1) is 9.56. The van der Waals surface area contributed by atoms with Gasteiger partial charge in [0.05, 0.1) is 13.2 Å². The smallest absolute Gasteiger partial charge is 0.191 e. The minimum Gasteiger partial charge on any atom is -0.383 e. The highest BCUT2D eigenvalue weighted by molar-refractivity contribution is 5.80. The van der Waals surface area contributed by atoms with E-state index in [1.807, 2.05) is 19.9 Å². The molecule has 1 rings (SSSR count). The van der Waals surface area contributed by atoms with Gasteiger partial charge in [-0.2, -0.15) is 0 Å². The Kier molecular flexibility index (Phi) is 7.01. The predicted octanol–water partition coefficient (Wildman–Crippen LogP) is 2.22. The van der Waals surface area contributed by atoms with Gasteiger partial charge in [-0.25, -0.2) is 9.38 Å². The highest BCUT2D eigenvalue weighted by Gasteiger charge is 2.05. The number of benzene rings is 1. The van der Waals surface area contributed by atoms with Crippen LogP contribution in [0.2, 0.25) is 0 Å². The summed E-state index contributed by atoms with van der Waals surface area (Å²) in [6, 6.07) is 5.35. The van der Waals surface area contributed by atoms with Crippen LogP contribution < -0.4 is 10.6 Å². The van der Waals surface area contributed by atoms with Gasteiger partial charge in [0.1, 0.15) is 5.82 Å². The number of guanidine groups is 1. The van der Waals surface area contributed by atoms with Crippen LogP contribution in [0.1, 0.15) is 25.0 Å². The van der Waals surface area contributed by atoms with Gasteiger partial charge in [-0.3, -0.25) is 0 Å². The Morgan fingerprint density at radius 3 is 2.80 bits per heavy atom. The number of methoxy groups -OCH3 is 1. The maximum Gasteiger partial charge on any atom is 0.191 e. The molecule has 1 aromatic carbocycles. The second-order valence-corrected chi connectivity index (χ2v) is 4.78. The SMILES string of the molecule is CCNC(=NCc1ccc(C)c(F)c1)NC(C)COC. The van der Waals surface area contributed by atoms with Gasteiger partial charge in [-0.1, -0.05) is 12.1 Å². The third kappa shape index (κ3) is 5.57. The number of nitrogens with zero attached hydrogens (tertiary/aromatic N) is 1. The minimum absolute atomic E-state index is 0.160. The van der Waals surface area contributed by atoms with Crippen LogP contribution in [0.3, 0.4) is 0 Å².